The zero-order valence-corrected chi connectivity index (χ0v) is 8.39. The van der Waals surface area contributed by atoms with E-state index in [9.17, 15) is 14.7 Å². The van der Waals surface area contributed by atoms with Crippen LogP contribution in [-0.4, -0.2) is 11.1 Å². The van der Waals surface area contributed by atoms with Gasteiger partial charge in [-0.25, -0.2) is 4.79 Å². The largest absolute Gasteiger partial charge is 0.504 e. The highest BCUT2D eigenvalue weighted by atomic mass is 16.5. The van der Waals surface area contributed by atoms with Gasteiger partial charge in [-0.1, -0.05) is 0 Å². The molecule has 1 aromatic carbocycles. The highest BCUT2D eigenvalue weighted by Crippen LogP contribution is 2.33. The zero-order chi connectivity index (χ0) is 11.7. The summed E-state index contributed by atoms with van der Waals surface area (Å²) in [5, 5.41) is 10.1. The Kier molecular flexibility index (Phi) is 2.36. The molecular formula is C11H8O5. The predicted molar refractivity (Wildman–Crippen MR) is 55.5 cm³/mol. The number of phenols is 1. The summed E-state index contributed by atoms with van der Waals surface area (Å²) in [6, 6.07) is 5.69. The summed E-state index contributed by atoms with van der Waals surface area (Å²) < 4.78 is 9.67. The second-order valence-corrected chi connectivity index (χ2v) is 3.18. The number of fused-ring (bicyclic) bond motifs is 1. The van der Waals surface area contributed by atoms with Gasteiger partial charge in [0.2, 0.25) is 5.75 Å². The van der Waals surface area contributed by atoms with Crippen LogP contribution in [0.4, 0.5) is 0 Å². The minimum atomic E-state index is -0.602. The number of benzene rings is 1. The van der Waals surface area contributed by atoms with Crippen LogP contribution in [0.25, 0.3) is 11.0 Å². The summed E-state index contributed by atoms with van der Waals surface area (Å²) in [4.78, 5) is 21.9. The van der Waals surface area contributed by atoms with Crippen LogP contribution in [0.15, 0.2) is 33.5 Å². The van der Waals surface area contributed by atoms with Gasteiger partial charge in [-0.3, -0.25) is 4.79 Å². The van der Waals surface area contributed by atoms with Crippen LogP contribution in [0, 0.1) is 0 Å². The summed E-state index contributed by atoms with van der Waals surface area (Å²) in [5.74, 6) is -0.992. The first kappa shape index (κ1) is 10.2. The molecule has 0 aliphatic carbocycles. The molecule has 0 radical (unpaired) electrons. The lowest BCUT2D eigenvalue weighted by Crippen LogP contribution is -2.03. The SMILES string of the molecule is CC(=O)Oc1c(O)ccc2ccc(=O)oc12. The molecule has 0 unspecified atom stereocenters. The van der Waals surface area contributed by atoms with Crippen molar-refractivity contribution in [3.05, 3.63) is 34.7 Å². The van der Waals surface area contributed by atoms with Crippen molar-refractivity contribution >= 4 is 16.9 Å². The fourth-order valence-electron chi connectivity index (χ4n) is 1.34. The summed E-state index contributed by atoms with van der Waals surface area (Å²) in [7, 11) is 0. The number of hydrogen-bond acceptors (Lipinski definition) is 5. The molecule has 1 N–H and O–H groups in total. The quantitative estimate of drug-likeness (QED) is 0.447. The van der Waals surface area contributed by atoms with Crippen LogP contribution in [0.2, 0.25) is 0 Å². The third kappa shape index (κ3) is 1.75. The van der Waals surface area contributed by atoms with Crippen LogP contribution in [0.1, 0.15) is 6.92 Å². The van der Waals surface area contributed by atoms with Crippen molar-refractivity contribution in [3.8, 4) is 11.5 Å². The smallest absolute Gasteiger partial charge is 0.336 e. The maximum atomic E-state index is 11.0. The highest BCUT2D eigenvalue weighted by Gasteiger charge is 2.13. The highest BCUT2D eigenvalue weighted by molar-refractivity contribution is 5.87. The molecule has 82 valence electrons. The minimum Gasteiger partial charge on any atom is -0.504 e. The summed E-state index contributed by atoms with van der Waals surface area (Å²) >= 11 is 0. The number of phenolic OH excluding ortho intramolecular Hbond substituents is 1. The fourth-order valence-corrected chi connectivity index (χ4v) is 1.34. The predicted octanol–water partition coefficient (Wildman–Crippen LogP) is 1.42. The molecule has 0 amide bonds. The van der Waals surface area contributed by atoms with Crippen molar-refractivity contribution < 1.29 is 19.1 Å². The molecule has 16 heavy (non-hydrogen) atoms. The van der Waals surface area contributed by atoms with Crippen LogP contribution < -0.4 is 10.4 Å². The molecular weight excluding hydrogens is 212 g/mol. The Labute approximate surface area is 89.9 Å². The summed E-state index contributed by atoms with van der Waals surface area (Å²) in [6.45, 7) is 1.19. The molecule has 0 spiro atoms. The molecule has 5 heteroatoms. The number of carbonyl (C=O) groups is 1. The zero-order valence-electron chi connectivity index (χ0n) is 8.39. The van der Waals surface area contributed by atoms with Crippen molar-refractivity contribution in [2.75, 3.05) is 0 Å². The van der Waals surface area contributed by atoms with Crippen molar-refractivity contribution in [1.29, 1.82) is 0 Å². The van der Waals surface area contributed by atoms with Gasteiger partial charge in [0.1, 0.15) is 0 Å². The second kappa shape index (κ2) is 3.69. The Morgan fingerprint density at radius 2 is 2.00 bits per heavy atom. The number of rotatable bonds is 1. The standard InChI is InChI=1S/C11H8O5/c1-6(12)15-11-8(13)4-2-7-3-5-9(14)16-10(7)11/h2-5,13H,1H3. The Balaban J connectivity index is 2.77. The topological polar surface area (TPSA) is 76.7 Å². The fraction of sp³-hybridized carbons (Fsp3) is 0.0909. The van der Waals surface area contributed by atoms with Crippen molar-refractivity contribution in [3.63, 3.8) is 0 Å². The van der Waals surface area contributed by atoms with Crippen LogP contribution in [0.3, 0.4) is 0 Å². The Hall–Kier alpha value is -2.30. The lowest BCUT2D eigenvalue weighted by molar-refractivity contribution is -0.131. The number of esters is 1. The van der Waals surface area contributed by atoms with E-state index in [0.29, 0.717) is 5.39 Å². The average molecular weight is 220 g/mol. The lowest BCUT2D eigenvalue weighted by Gasteiger charge is -2.06. The van der Waals surface area contributed by atoms with E-state index in [4.69, 9.17) is 9.15 Å². The molecule has 0 aliphatic heterocycles. The number of ether oxygens (including phenoxy) is 1. The van der Waals surface area contributed by atoms with Crippen LogP contribution in [0.5, 0.6) is 11.5 Å². The Morgan fingerprint density at radius 3 is 2.69 bits per heavy atom. The average Bonchev–Trinajstić information content (AvgIpc) is 2.22. The van der Waals surface area contributed by atoms with Gasteiger partial charge in [-0.05, 0) is 18.2 Å². The van der Waals surface area contributed by atoms with E-state index in [1.54, 1.807) is 6.07 Å². The molecule has 5 nitrogen and oxygen atoms in total. The minimum absolute atomic E-state index is 0.0581. The number of hydrogen-bond donors (Lipinski definition) is 1. The molecule has 0 atom stereocenters. The van der Waals surface area contributed by atoms with Crippen molar-refractivity contribution in [2.24, 2.45) is 0 Å². The maximum Gasteiger partial charge on any atom is 0.336 e. The number of aromatic hydroxyl groups is 1. The normalized spacial score (nSPS) is 10.3. The van der Waals surface area contributed by atoms with Gasteiger partial charge in [-0.2, -0.15) is 0 Å². The summed E-state index contributed by atoms with van der Waals surface area (Å²) in [6.07, 6.45) is 0. The van der Waals surface area contributed by atoms with E-state index in [2.05, 4.69) is 0 Å². The van der Waals surface area contributed by atoms with Crippen molar-refractivity contribution in [2.45, 2.75) is 6.92 Å². The molecule has 1 aromatic heterocycles. The maximum absolute atomic E-state index is 11.0. The number of carbonyl (C=O) groups excluding carboxylic acids is 1. The molecule has 0 saturated heterocycles. The monoisotopic (exact) mass is 220 g/mol. The van der Waals surface area contributed by atoms with E-state index in [1.807, 2.05) is 0 Å². The lowest BCUT2D eigenvalue weighted by atomic mass is 10.2. The molecule has 2 rings (SSSR count). The van der Waals surface area contributed by atoms with Gasteiger partial charge in [0.15, 0.2) is 11.3 Å². The molecule has 0 bridgehead atoms. The van der Waals surface area contributed by atoms with E-state index < -0.39 is 11.6 Å². The molecule has 0 fully saturated rings. The van der Waals surface area contributed by atoms with Crippen LogP contribution >= 0.6 is 0 Å². The van der Waals surface area contributed by atoms with Crippen molar-refractivity contribution in [1.82, 2.24) is 0 Å². The third-order valence-electron chi connectivity index (χ3n) is 1.97. The third-order valence-corrected chi connectivity index (χ3v) is 1.97. The van der Waals surface area contributed by atoms with Gasteiger partial charge >= 0.3 is 11.6 Å². The van der Waals surface area contributed by atoms with Gasteiger partial charge in [0.05, 0.1) is 0 Å². The second-order valence-electron chi connectivity index (χ2n) is 3.18. The Bertz CT molecular complexity index is 611. The van der Waals surface area contributed by atoms with E-state index in [1.165, 1.54) is 25.1 Å². The first-order valence-electron chi connectivity index (χ1n) is 4.52. The Morgan fingerprint density at radius 1 is 1.31 bits per heavy atom. The van der Waals surface area contributed by atoms with E-state index in [-0.39, 0.29) is 17.1 Å². The molecule has 0 aliphatic rings. The van der Waals surface area contributed by atoms with Gasteiger partial charge < -0.3 is 14.3 Å². The van der Waals surface area contributed by atoms with E-state index >= 15 is 0 Å². The summed E-state index contributed by atoms with van der Waals surface area (Å²) in [5.41, 5.74) is -0.519. The van der Waals surface area contributed by atoms with Gasteiger partial charge in [-0.15, -0.1) is 0 Å². The molecule has 2 aromatic rings. The van der Waals surface area contributed by atoms with Gasteiger partial charge in [0.25, 0.3) is 0 Å². The van der Waals surface area contributed by atoms with Crippen LogP contribution in [-0.2, 0) is 4.79 Å². The molecule has 0 saturated carbocycles. The first-order chi connectivity index (χ1) is 7.58. The molecule has 1 heterocycles. The van der Waals surface area contributed by atoms with E-state index in [0.717, 1.165) is 0 Å². The first-order valence-corrected chi connectivity index (χ1v) is 4.52. The van der Waals surface area contributed by atoms with Gasteiger partial charge in [0, 0.05) is 18.4 Å².